The fourth-order valence-corrected chi connectivity index (χ4v) is 2.70. The molecular weight excluding hydrogens is 314 g/mol. The Kier molecular flexibility index (Phi) is 4.27. The summed E-state index contributed by atoms with van der Waals surface area (Å²) in [4.78, 5) is 13.1. The Hall–Kier alpha value is -3.52. The van der Waals surface area contributed by atoms with E-state index in [0.29, 0.717) is 17.0 Å². The number of carbonyl (C=O) groups excluding carboxylic acids is 1. The average molecular weight is 331 g/mol. The minimum atomic E-state index is -0.245. The molecule has 0 aliphatic rings. The third-order valence-electron chi connectivity index (χ3n) is 4.04. The van der Waals surface area contributed by atoms with Crippen LogP contribution in [-0.4, -0.2) is 17.5 Å². The first kappa shape index (κ1) is 16.3. The van der Waals surface area contributed by atoms with E-state index in [2.05, 4.69) is 0 Å². The van der Waals surface area contributed by atoms with Crippen LogP contribution in [0.3, 0.4) is 0 Å². The topological polar surface area (TPSA) is 81.0 Å². The van der Waals surface area contributed by atoms with E-state index in [-0.39, 0.29) is 22.7 Å². The molecule has 1 heterocycles. The van der Waals surface area contributed by atoms with Crippen molar-refractivity contribution >= 4 is 11.5 Å². The smallest absolute Gasteiger partial charge is 0.211 e. The van der Waals surface area contributed by atoms with Crippen molar-refractivity contribution < 1.29 is 9.53 Å². The molecule has 2 N–H and O–H groups in total. The second-order valence-electron chi connectivity index (χ2n) is 5.65. The lowest BCUT2D eigenvalue weighted by Gasteiger charge is -2.13. The average Bonchev–Trinajstić information content (AvgIpc) is 2.98. The minimum Gasteiger partial charge on any atom is -0.495 e. The Morgan fingerprint density at radius 1 is 1.16 bits per heavy atom. The molecule has 0 saturated heterocycles. The predicted octanol–water partition coefficient (Wildman–Crippen LogP) is 3.48. The maximum absolute atomic E-state index is 13.1. The monoisotopic (exact) mass is 331 g/mol. The summed E-state index contributed by atoms with van der Waals surface area (Å²) >= 11 is 0. The van der Waals surface area contributed by atoms with E-state index >= 15 is 0 Å². The molecular formula is C20H17N3O2. The summed E-state index contributed by atoms with van der Waals surface area (Å²) in [5, 5.41) is 9.33. The van der Waals surface area contributed by atoms with Crippen LogP contribution in [0.25, 0.3) is 5.69 Å². The molecule has 0 fully saturated rings. The van der Waals surface area contributed by atoms with Gasteiger partial charge in [-0.1, -0.05) is 42.0 Å². The molecule has 1 aromatic heterocycles. The molecule has 0 unspecified atom stereocenters. The van der Waals surface area contributed by atoms with Gasteiger partial charge < -0.3 is 15.0 Å². The van der Waals surface area contributed by atoms with Gasteiger partial charge in [0.25, 0.3) is 0 Å². The van der Waals surface area contributed by atoms with Crippen molar-refractivity contribution in [3.63, 3.8) is 0 Å². The number of hydrogen-bond donors (Lipinski definition) is 1. The molecule has 5 nitrogen and oxygen atoms in total. The van der Waals surface area contributed by atoms with Gasteiger partial charge in [0.15, 0.2) is 0 Å². The Balaban J connectivity index is 2.23. The number of methoxy groups -OCH3 is 1. The number of anilines is 1. The molecule has 0 amide bonds. The van der Waals surface area contributed by atoms with Crippen LogP contribution in [0.4, 0.5) is 5.69 Å². The Bertz CT molecular complexity index is 979. The van der Waals surface area contributed by atoms with E-state index in [0.717, 1.165) is 5.56 Å². The zero-order valence-electron chi connectivity index (χ0n) is 14.0. The quantitative estimate of drug-likeness (QED) is 0.742. The van der Waals surface area contributed by atoms with Gasteiger partial charge >= 0.3 is 0 Å². The van der Waals surface area contributed by atoms with Crippen molar-refractivity contribution in [2.24, 2.45) is 0 Å². The number of nitriles is 1. The number of carbonyl (C=O) groups is 1. The largest absolute Gasteiger partial charge is 0.495 e. The highest BCUT2D eigenvalue weighted by molar-refractivity contribution is 6.12. The number of ketones is 1. The second-order valence-corrected chi connectivity index (χ2v) is 5.65. The van der Waals surface area contributed by atoms with Crippen LogP contribution in [0.1, 0.15) is 27.2 Å². The van der Waals surface area contributed by atoms with Crippen LogP contribution in [0.2, 0.25) is 0 Å². The number of rotatable bonds is 4. The number of nitrogens with two attached hydrogens (primary N) is 1. The molecule has 5 heteroatoms. The van der Waals surface area contributed by atoms with Gasteiger partial charge in [-0.2, -0.15) is 5.26 Å². The summed E-state index contributed by atoms with van der Waals surface area (Å²) in [6, 6.07) is 16.5. The number of ether oxygens (including phenoxy) is 1. The van der Waals surface area contributed by atoms with Gasteiger partial charge in [0.05, 0.1) is 24.0 Å². The summed E-state index contributed by atoms with van der Waals surface area (Å²) in [5.41, 5.74) is 8.99. The van der Waals surface area contributed by atoms with Gasteiger partial charge in [-0.3, -0.25) is 4.79 Å². The number of para-hydroxylation sites is 2. The fourth-order valence-electron chi connectivity index (χ4n) is 2.70. The summed E-state index contributed by atoms with van der Waals surface area (Å²) < 4.78 is 7.00. The predicted molar refractivity (Wildman–Crippen MR) is 96.1 cm³/mol. The molecule has 0 aliphatic carbocycles. The maximum Gasteiger partial charge on any atom is 0.211 e. The lowest BCUT2D eigenvalue weighted by atomic mass is 10.0. The highest BCUT2D eigenvalue weighted by Crippen LogP contribution is 2.30. The van der Waals surface area contributed by atoms with Gasteiger partial charge in [0, 0.05) is 11.8 Å². The van der Waals surface area contributed by atoms with Crippen molar-refractivity contribution in [1.82, 2.24) is 4.57 Å². The maximum atomic E-state index is 13.1. The van der Waals surface area contributed by atoms with Crippen LogP contribution < -0.4 is 10.5 Å². The van der Waals surface area contributed by atoms with Crippen LogP contribution in [-0.2, 0) is 0 Å². The number of aryl methyl sites for hydroxylation is 1. The van der Waals surface area contributed by atoms with Crippen molar-refractivity contribution in [2.75, 3.05) is 12.8 Å². The number of nitrogen functional groups attached to an aromatic ring is 1. The number of aromatic nitrogens is 1. The third kappa shape index (κ3) is 2.86. The molecule has 25 heavy (non-hydrogen) atoms. The minimum absolute atomic E-state index is 0.166. The van der Waals surface area contributed by atoms with E-state index in [1.807, 2.05) is 43.3 Å². The van der Waals surface area contributed by atoms with E-state index in [4.69, 9.17) is 10.5 Å². The van der Waals surface area contributed by atoms with E-state index < -0.39 is 0 Å². The van der Waals surface area contributed by atoms with E-state index in [1.165, 1.54) is 0 Å². The van der Waals surface area contributed by atoms with Crippen molar-refractivity contribution in [3.8, 4) is 17.5 Å². The standard InChI is InChI=1S/C20H17N3O2/c1-13-7-9-14(10-8-13)20(24)19-18(22)15(11-21)12-23(19)16-5-3-4-6-17(16)25-2/h3-10,12H,22H2,1-2H3. The van der Waals surface area contributed by atoms with Crippen LogP contribution >= 0.6 is 0 Å². The molecule has 0 spiro atoms. The second kappa shape index (κ2) is 6.54. The summed E-state index contributed by atoms with van der Waals surface area (Å²) in [5.74, 6) is 0.338. The van der Waals surface area contributed by atoms with Gasteiger partial charge in [-0.25, -0.2) is 0 Å². The number of benzene rings is 2. The van der Waals surface area contributed by atoms with Crippen molar-refractivity contribution in [3.05, 3.63) is 77.1 Å². The molecule has 3 rings (SSSR count). The molecule has 0 atom stereocenters. The zero-order chi connectivity index (χ0) is 18.0. The lowest BCUT2D eigenvalue weighted by Crippen LogP contribution is -2.11. The van der Waals surface area contributed by atoms with E-state index in [9.17, 15) is 10.1 Å². The molecule has 2 aromatic carbocycles. The van der Waals surface area contributed by atoms with Gasteiger partial charge in [0.2, 0.25) is 5.78 Å². The molecule has 3 aromatic rings. The molecule has 0 saturated carbocycles. The third-order valence-corrected chi connectivity index (χ3v) is 4.04. The molecule has 0 aliphatic heterocycles. The van der Waals surface area contributed by atoms with E-state index in [1.54, 1.807) is 36.1 Å². The summed E-state index contributed by atoms with van der Waals surface area (Å²) in [7, 11) is 1.55. The summed E-state index contributed by atoms with van der Waals surface area (Å²) in [6.07, 6.45) is 1.56. The Morgan fingerprint density at radius 2 is 1.84 bits per heavy atom. The Morgan fingerprint density at radius 3 is 2.48 bits per heavy atom. The highest BCUT2D eigenvalue weighted by atomic mass is 16.5. The van der Waals surface area contributed by atoms with Crippen LogP contribution in [0.15, 0.2) is 54.7 Å². The first-order valence-corrected chi connectivity index (χ1v) is 7.72. The van der Waals surface area contributed by atoms with Gasteiger partial charge in [-0.05, 0) is 19.1 Å². The molecule has 0 bridgehead atoms. The van der Waals surface area contributed by atoms with Crippen molar-refractivity contribution in [2.45, 2.75) is 6.92 Å². The molecule has 124 valence electrons. The van der Waals surface area contributed by atoms with Gasteiger partial charge in [-0.15, -0.1) is 0 Å². The Labute approximate surface area is 145 Å². The number of hydrogen-bond acceptors (Lipinski definition) is 4. The SMILES string of the molecule is COc1ccccc1-n1cc(C#N)c(N)c1C(=O)c1ccc(C)cc1. The fraction of sp³-hybridized carbons (Fsp3) is 0.100. The highest BCUT2D eigenvalue weighted by Gasteiger charge is 2.23. The normalized spacial score (nSPS) is 10.3. The summed E-state index contributed by atoms with van der Waals surface area (Å²) in [6.45, 7) is 1.95. The van der Waals surface area contributed by atoms with Crippen LogP contribution in [0.5, 0.6) is 5.75 Å². The van der Waals surface area contributed by atoms with Crippen LogP contribution in [0, 0.1) is 18.3 Å². The molecule has 0 radical (unpaired) electrons. The zero-order valence-corrected chi connectivity index (χ0v) is 14.0. The lowest BCUT2D eigenvalue weighted by molar-refractivity contribution is 0.103. The first-order valence-electron chi connectivity index (χ1n) is 7.72. The van der Waals surface area contributed by atoms with Gasteiger partial charge in [0.1, 0.15) is 17.5 Å². The number of nitrogens with zero attached hydrogens (tertiary/aromatic N) is 2. The van der Waals surface area contributed by atoms with Crippen molar-refractivity contribution in [1.29, 1.82) is 5.26 Å². The first-order chi connectivity index (χ1) is 12.1.